The summed E-state index contributed by atoms with van der Waals surface area (Å²) in [5.41, 5.74) is 6.79. The summed E-state index contributed by atoms with van der Waals surface area (Å²) in [6, 6.07) is 7.43. The Morgan fingerprint density at radius 3 is 2.38 bits per heavy atom. The molecule has 3 N–H and O–H groups in total. The third-order valence-corrected chi connectivity index (χ3v) is 2.14. The topological polar surface area (TPSA) is 72.5 Å². The van der Waals surface area contributed by atoms with E-state index in [0.29, 0.717) is 5.75 Å². The molecular weight excluding hydrogens is 206 g/mol. The molecule has 0 fully saturated rings. The number of aliphatic carboxylic acids is 1. The number of hydrogen-bond acceptors (Lipinski definition) is 3. The lowest BCUT2D eigenvalue weighted by Gasteiger charge is -2.11. The standard InChI is InChI=1S/C12H17NO3/c1-8(13)7-10-3-5-11(6-4-10)16-9(2)12(14)15/h3-6,8-9H,7,13H2,1-2H3,(H,14,15)/t8?,9-/m1/s1. The number of rotatable bonds is 5. The molecule has 2 atom stereocenters. The number of benzene rings is 1. The molecule has 0 aromatic heterocycles. The van der Waals surface area contributed by atoms with Crippen LogP contribution in [0.2, 0.25) is 0 Å². The Morgan fingerprint density at radius 2 is 1.94 bits per heavy atom. The molecule has 1 unspecified atom stereocenters. The Morgan fingerprint density at radius 1 is 1.38 bits per heavy atom. The quantitative estimate of drug-likeness (QED) is 0.792. The molecule has 16 heavy (non-hydrogen) atoms. The smallest absolute Gasteiger partial charge is 0.344 e. The average molecular weight is 223 g/mol. The van der Waals surface area contributed by atoms with Crippen molar-refractivity contribution in [3.8, 4) is 5.75 Å². The Balaban J connectivity index is 2.61. The average Bonchev–Trinajstić information content (AvgIpc) is 2.20. The fourth-order valence-corrected chi connectivity index (χ4v) is 1.33. The van der Waals surface area contributed by atoms with Crippen LogP contribution in [-0.2, 0) is 11.2 Å². The van der Waals surface area contributed by atoms with Crippen molar-refractivity contribution in [1.29, 1.82) is 0 Å². The molecule has 4 nitrogen and oxygen atoms in total. The number of carboxylic acid groups (broad SMARTS) is 1. The van der Waals surface area contributed by atoms with Gasteiger partial charge in [-0.1, -0.05) is 12.1 Å². The van der Waals surface area contributed by atoms with Crippen LogP contribution in [0.15, 0.2) is 24.3 Å². The summed E-state index contributed by atoms with van der Waals surface area (Å²) >= 11 is 0. The van der Waals surface area contributed by atoms with Crippen molar-refractivity contribution in [1.82, 2.24) is 0 Å². The molecule has 1 aromatic rings. The molecular formula is C12H17NO3. The molecule has 0 bridgehead atoms. The molecule has 0 saturated carbocycles. The van der Waals surface area contributed by atoms with E-state index in [1.165, 1.54) is 6.92 Å². The van der Waals surface area contributed by atoms with Crippen LogP contribution in [0.5, 0.6) is 5.75 Å². The predicted octanol–water partition coefficient (Wildman–Crippen LogP) is 1.43. The van der Waals surface area contributed by atoms with Crippen molar-refractivity contribution in [3.05, 3.63) is 29.8 Å². The van der Waals surface area contributed by atoms with Gasteiger partial charge in [0.15, 0.2) is 6.10 Å². The van der Waals surface area contributed by atoms with E-state index in [1.54, 1.807) is 12.1 Å². The lowest BCUT2D eigenvalue weighted by Crippen LogP contribution is -2.22. The normalized spacial score (nSPS) is 14.2. The molecule has 88 valence electrons. The van der Waals surface area contributed by atoms with Crippen LogP contribution in [0.25, 0.3) is 0 Å². The van der Waals surface area contributed by atoms with Gasteiger partial charge in [0.1, 0.15) is 5.75 Å². The Labute approximate surface area is 95.0 Å². The fourth-order valence-electron chi connectivity index (χ4n) is 1.33. The van der Waals surface area contributed by atoms with Gasteiger partial charge in [-0.25, -0.2) is 4.79 Å². The molecule has 1 rings (SSSR count). The van der Waals surface area contributed by atoms with Gasteiger partial charge in [0.2, 0.25) is 0 Å². The first kappa shape index (κ1) is 12.5. The summed E-state index contributed by atoms with van der Waals surface area (Å²) in [7, 11) is 0. The lowest BCUT2D eigenvalue weighted by atomic mass is 10.1. The maximum absolute atomic E-state index is 10.6. The van der Waals surface area contributed by atoms with Crippen LogP contribution in [0.1, 0.15) is 19.4 Å². The second kappa shape index (κ2) is 5.51. The zero-order chi connectivity index (χ0) is 12.1. The molecule has 0 saturated heterocycles. The fraction of sp³-hybridized carbons (Fsp3) is 0.417. The van der Waals surface area contributed by atoms with Gasteiger partial charge >= 0.3 is 5.97 Å². The molecule has 4 heteroatoms. The summed E-state index contributed by atoms with van der Waals surface area (Å²) in [6.45, 7) is 3.44. The van der Waals surface area contributed by atoms with E-state index in [2.05, 4.69) is 0 Å². The van der Waals surface area contributed by atoms with Crippen molar-refractivity contribution < 1.29 is 14.6 Å². The van der Waals surface area contributed by atoms with Crippen LogP contribution in [0, 0.1) is 0 Å². The van der Waals surface area contributed by atoms with Gasteiger partial charge in [0.05, 0.1) is 0 Å². The van der Waals surface area contributed by atoms with Crippen LogP contribution >= 0.6 is 0 Å². The third kappa shape index (κ3) is 3.90. The van der Waals surface area contributed by atoms with E-state index in [9.17, 15) is 4.79 Å². The van der Waals surface area contributed by atoms with Gasteiger partial charge in [-0.05, 0) is 38.0 Å². The van der Waals surface area contributed by atoms with E-state index >= 15 is 0 Å². The Hall–Kier alpha value is -1.55. The zero-order valence-corrected chi connectivity index (χ0v) is 9.51. The third-order valence-electron chi connectivity index (χ3n) is 2.14. The van der Waals surface area contributed by atoms with Crippen LogP contribution in [-0.4, -0.2) is 23.2 Å². The predicted molar refractivity (Wildman–Crippen MR) is 61.5 cm³/mol. The van der Waals surface area contributed by atoms with Gasteiger partial charge in [-0.2, -0.15) is 0 Å². The van der Waals surface area contributed by atoms with E-state index < -0.39 is 12.1 Å². The minimum atomic E-state index is -0.973. The van der Waals surface area contributed by atoms with Crippen molar-refractivity contribution in [2.24, 2.45) is 5.73 Å². The number of nitrogens with two attached hydrogens (primary N) is 1. The van der Waals surface area contributed by atoms with E-state index in [4.69, 9.17) is 15.6 Å². The molecule has 0 heterocycles. The van der Waals surface area contributed by atoms with Gasteiger partial charge in [-0.15, -0.1) is 0 Å². The van der Waals surface area contributed by atoms with Gasteiger partial charge < -0.3 is 15.6 Å². The van der Waals surface area contributed by atoms with Crippen molar-refractivity contribution in [3.63, 3.8) is 0 Å². The zero-order valence-electron chi connectivity index (χ0n) is 9.51. The summed E-state index contributed by atoms with van der Waals surface area (Å²) in [6.07, 6.45) is -0.0336. The molecule has 0 amide bonds. The van der Waals surface area contributed by atoms with E-state index in [-0.39, 0.29) is 6.04 Å². The van der Waals surface area contributed by atoms with Crippen LogP contribution < -0.4 is 10.5 Å². The molecule has 0 aliphatic rings. The van der Waals surface area contributed by atoms with Crippen LogP contribution in [0.3, 0.4) is 0 Å². The second-order valence-electron chi connectivity index (χ2n) is 3.92. The molecule has 1 aromatic carbocycles. The molecule has 0 aliphatic heterocycles. The van der Waals surface area contributed by atoms with Gasteiger partial charge in [-0.3, -0.25) is 0 Å². The van der Waals surface area contributed by atoms with E-state index in [1.807, 2.05) is 19.1 Å². The highest BCUT2D eigenvalue weighted by atomic mass is 16.5. The summed E-state index contributed by atoms with van der Waals surface area (Å²) < 4.78 is 5.20. The first-order valence-electron chi connectivity index (χ1n) is 5.23. The minimum Gasteiger partial charge on any atom is -0.479 e. The highest BCUT2D eigenvalue weighted by Gasteiger charge is 2.11. The maximum Gasteiger partial charge on any atom is 0.344 e. The summed E-state index contributed by atoms with van der Waals surface area (Å²) in [5.74, 6) is -0.414. The second-order valence-corrected chi connectivity index (χ2v) is 3.92. The highest BCUT2D eigenvalue weighted by molar-refractivity contribution is 5.72. The first-order chi connectivity index (χ1) is 7.49. The number of carbonyl (C=O) groups is 1. The molecule has 0 spiro atoms. The lowest BCUT2D eigenvalue weighted by molar-refractivity contribution is -0.144. The maximum atomic E-state index is 10.6. The number of hydrogen-bond donors (Lipinski definition) is 2. The number of carboxylic acids is 1. The molecule has 0 radical (unpaired) electrons. The van der Waals surface area contributed by atoms with Crippen LogP contribution in [0.4, 0.5) is 0 Å². The Kier molecular flexibility index (Phi) is 4.31. The van der Waals surface area contributed by atoms with Gasteiger partial charge in [0, 0.05) is 6.04 Å². The molecule has 0 aliphatic carbocycles. The summed E-state index contributed by atoms with van der Waals surface area (Å²) in [4.78, 5) is 10.6. The van der Waals surface area contributed by atoms with Crippen molar-refractivity contribution in [2.45, 2.75) is 32.4 Å². The number of ether oxygens (including phenoxy) is 1. The van der Waals surface area contributed by atoms with Gasteiger partial charge in [0.25, 0.3) is 0 Å². The SMILES string of the molecule is CC(N)Cc1ccc(O[C@H](C)C(=O)O)cc1. The first-order valence-corrected chi connectivity index (χ1v) is 5.23. The summed E-state index contributed by atoms with van der Waals surface area (Å²) in [5, 5.41) is 8.68. The minimum absolute atomic E-state index is 0.115. The highest BCUT2D eigenvalue weighted by Crippen LogP contribution is 2.14. The largest absolute Gasteiger partial charge is 0.479 e. The van der Waals surface area contributed by atoms with Crippen molar-refractivity contribution in [2.75, 3.05) is 0 Å². The van der Waals surface area contributed by atoms with E-state index in [0.717, 1.165) is 12.0 Å². The van der Waals surface area contributed by atoms with Crippen molar-refractivity contribution >= 4 is 5.97 Å². The monoisotopic (exact) mass is 223 g/mol. The Bertz CT molecular complexity index is 346.